The molecule has 3 unspecified atom stereocenters. The number of likely N-dealkylation sites (tertiary alicyclic amines) is 1. The smallest absolute Gasteiger partial charge is 0.224 e. The van der Waals surface area contributed by atoms with Gasteiger partial charge >= 0.3 is 0 Å². The van der Waals surface area contributed by atoms with Crippen LogP contribution in [-0.2, 0) is 4.79 Å². The lowest BCUT2D eigenvalue weighted by atomic mass is 9.93. The van der Waals surface area contributed by atoms with Gasteiger partial charge in [0.05, 0.1) is 0 Å². The third-order valence-electron chi connectivity index (χ3n) is 4.93. The summed E-state index contributed by atoms with van der Waals surface area (Å²) >= 11 is 0. The van der Waals surface area contributed by atoms with Gasteiger partial charge in [-0.15, -0.1) is 0 Å². The van der Waals surface area contributed by atoms with Gasteiger partial charge in [-0.25, -0.2) is 0 Å². The molecule has 3 heteroatoms. The Morgan fingerprint density at radius 2 is 1.74 bits per heavy atom. The molecule has 0 aliphatic carbocycles. The molecule has 0 spiro atoms. The van der Waals surface area contributed by atoms with Crippen molar-refractivity contribution in [2.24, 2.45) is 5.73 Å². The van der Waals surface area contributed by atoms with Gasteiger partial charge in [-0.05, 0) is 24.5 Å². The average Bonchev–Trinajstić information content (AvgIpc) is 2.98. The molecule has 2 aromatic rings. The summed E-state index contributed by atoms with van der Waals surface area (Å²) in [6.45, 7) is 2.97. The summed E-state index contributed by atoms with van der Waals surface area (Å²) in [5.74, 6) is 0.584. The molecule has 1 aliphatic rings. The summed E-state index contributed by atoms with van der Waals surface area (Å²) in [5.41, 5.74) is 8.55. The minimum atomic E-state index is -0.230. The molecule has 0 bridgehead atoms. The lowest BCUT2D eigenvalue weighted by molar-refractivity contribution is -0.132. The zero-order chi connectivity index (χ0) is 16.2. The van der Waals surface area contributed by atoms with Crippen molar-refractivity contribution in [3.05, 3.63) is 71.8 Å². The Labute approximate surface area is 138 Å². The number of nitrogens with two attached hydrogens (primary N) is 1. The topological polar surface area (TPSA) is 46.3 Å². The maximum Gasteiger partial charge on any atom is 0.224 e. The molecule has 3 nitrogen and oxygen atoms in total. The highest BCUT2D eigenvalue weighted by atomic mass is 16.2. The van der Waals surface area contributed by atoms with Crippen LogP contribution in [0.5, 0.6) is 0 Å². The van der Waals surface area contributed by atoms with E-state index in [0.29, 0.717) is 12.3 Å². The van der Waals surface area contributed by atoms with E-state index in [4.69, 9.17) is 5.73 Å². The molecular weight excluding hydrogens is 284 g/mol. The summed E-state index contributed by atoms with van der Waals surface area (Å²) in [5, 5.41) is 0. The van der Waals surface area contributed by atoms with Gasteiger partial charge in [0.1, 0.15) is 0 Å². The molecule has 3 atom stereocenters. The van der Waals surface area contributed by atoms with E-state index >= 15 is 0 Å². The maximum atomic E-state index is 12.7. The molecule has 1 fully saturated rings. The van der Waals surface area contributed by atoms with Crippen molar-refractivity contribution in [1.82, 2.24) is 4.90 Å². The van der Waals surface area contributed by atoms with Crippen molar-refractivity contribution in [1.29, 1.82) is 0 Å². The highest BCUT2D eigenvalue weighted by molar-refractivity contribution is 5.78. The van der Waals surface area contributed by atoms with Gasteiger partial charge in [0.25, 0.3) is 0 Å². The first kappa shape index (κ1) is 15.8. The number of rotatable bonds is 4. The Morgan fingerprint density at radius 3 is 2.39 bits per heavy atom. The Hall–Kier alpha value is -2.13. The summed E-state index contributed by atoms with van der Waals surface area (Å²) in [6, 6.07) is 20.3. The summed E-state index contributed by atoms with van der Waals surface area (Å²) in [7, 11) is 0. The van der Waals surface area contributed by atoms with Crippen LogP contribution in [0.3, 0.4) is 0 Å². The normalized spacial score (nSPS) is 22.1. The van der Waals surface area contributed by atoms with Crippen molar-refractivity contribution in [3.63, 3.8) is 0 Å². The minimum Gasteiger partial charge on any atom is -0.339 e. The van der Waals surface area contributed by atoms with Gasteiger partial charge in [0.2, 0.25) is 5.91 Å². The van der Waals surface area contributed by atoms with Crippen molar-refractivity contribution in [3.8, 4) is 0 Å². The Kier molecular flexibility index (Phi) is 4.77. The molecule has 0 radical (unpaired) electrons. The van der Waals surface area contributed by atoms with E-state index in [2.05, 4.69) is 31.2 Å². The van der Waals surface area contributed by atoms with Crippen molar-refractivity contribution >= 4 is 5.91 Å². The number of hydrogen-bond donors (Lipinski definition) is 1. The van der Waals surface area contributed by atoms with Gasteiger partial charge in [0, 0.05) is 31.0 Å². The highest BCUT2D eigenvalue weighted by Crippen LogP contribution is 2.34. The first-order chi connectivity index (χ1) is 11.2. The van der Waals surface area contributed by atoms with E-state index in [1.165, 1.54) is 5.56 Å². The van der Waals surface area contributed by atoms with Gasteiger partial charge < -0.3 is 10.6 Å². The lowest BCUT2D eigenvalue weighted by Gasteiger charge is -2.26. The van der Waals surface area contributed by atoms with Crippen LogP contribution in [0.2, 0.25) is 0 Å². The van der Waals surface area contributed by atoms with Crippen molar-refractivity contribution in [2.45, 2.75) is 37.8 Å². The fourth-order valence-corrected chi connectivity index (χ4v) is 3.56. The monoisotopic (exact) mass is 308 g/mol. The van der Waals surface area contributed by atoms with Crippen LogP contribution < -0.4 is 5.73 Å². The quantitative estimate of drug-likeness (QED) is 0.940. The third-order valence-corrected chi connectivity index (χ3v) is 4.93. The molecule has 1 aliphatic heterocycles. The van der Waals surface area contributed by atoms with E-state index in [1.54, 1.807) is 0 Å². The molecule has 23 heavy (non-hydrogen) atoms. The molecule has 1 heterocycles. The predicted molar refractivity (Wildman–Crippen MR) is 93.0 cm³/mol. The fraction of sp³-hybridized carbons (Fsp3) is 0.350. The molecule has 1 saturated heterocycles. The minimum absolute atomic E-state index is 0.160. The zero-order valence-electron chi connectivity index (χ0n) is 13.6. The van der Waals surface area contributed by atoms with Gasteiger partial charge in [-0.1, -0.05) is 60.7 Å². The lowest BCUT2D eigenvalue weighted by Crippen LogP contribution is -2.37. The standard InChI is InChI=1S/C20H24N2O/c1-15-18(16-8-4-2-5-9-16)12-13-22(15)20(23)14-19(21)17-10-6-3-7-11-17/h2-11,15,18-19H,12-14,21H2,1H3. The van der Waals surface area contributed by atoms with E-state index < -0.39 is 0 Å². The van der Waals surface area contributed by atoms with Gasteiger partial charge in [-0.3, -0.25) is 4.79 Å². The van der Waals surface area contributed by atoms with Crippen LogP contribution >= 0.6 is 0 Å². The molecule has 2 aromatic carbocycles. The summed E-state index contributed by atoms with van der Waals surface area (Å²) < 4.78 is 0. The number of amides is 1. The zero-order valence-corrected chi connectivity index (χ0v) is 13.6. The molecule has 3 rings (SSSR count). The third kappa shape index (κ3) is 3.45. The van der Waals surface area contributed by atoms with Crippen LogP contribution in [0.4, 0.5) is 0 Å². The van der Waals surface area contributed by atoms with Crippen LogP contribution in [0.15, 0.2) is 60.7 Å². The number of carbonyl (C=O) groups is 1. The summed E-state index contributed by atoms with van der Waals surface area (Å²) in [6.07, 6.45) is 1.40. The molecule has 2 N–H and O–H groups in total. The predicted octanol–water partition coefficient (Wildman–Crippen LogP) is 3.48. The molecular formula is C20H24N2O. The van der Waals surface area contributed by atoms with Crippen LogP contribution in [0, 0.1) is 0 Å². The molecule has 0 aromatic heterocycles. The maximum absolute atomic E-state index is 12.7. The SMILES string of the molecule is CC1C(c2ccccc2)CCN1C(=O)CC(N)c1ccccc1. The average molecular weight is 308 g/mol. The Balaban J connectivity index is 1.65. The summed E-state index contributed by atoms with van der Waals surface area (Å²) in [4.78, 5) is 14.7. The second-order valence-electron chi connectivity index (χ2n) is 6.35. The van der Waals surface area contributed by atoms with Gasteiger partial charge in [-0.2, -0.15) is 0 Å². The first-order valence-electron chi connectivity index (χ1n) is 8.31. The fourth-order valence-electron chi connectivity index (χ4n) is 3.56. The molecule has 120 valence electrons. The second-order valence-corrected chi connectivity index (χ2v) is 6.35. The van der Waals surface area contributed by atoms with E-state index in [0.717, 1.165) is 18.5 Å². The first-order valence-corrected chi connectivity index (χ1v) is 8.31. The Bertz CT molecular complexity index is 641. The largest absolute Gasteiger partial charge is 0.339 e. The van der Waals surface area contributed by atoms with Gasteiger partial charge in [0.15, 0.2) is 0 Å². The van der Waals surface area contributed by atoms with E-state index in [-0.39, 0.29) is 18.0 Å². The second kappa shape index (κ2) is 6.97. The van der Waals surface area contributed by atoms with Crippen LogP contribution in [0.1, 0.15) is 42.9 Å². The Morgan fingerprint density at radius 1 is 1.13 bits per heavy atom. The number of nitrogens with zero attached hydrogens (tertiary/aromatic N) is 1. The molecule has 0 saturated carbocycles. The van der Waals surface area contributed by atoms with Crippen molar-refractivity contribution < 1.29 is 4.79 Å². The highest BCUT2D eigenvalue weighted by Gasteiger charge is 2.34. The number of carbonyl (C=O) groups excluding carboxylic acids is 1. The van der Waals surface area contributed by atoms with E-state index in [1.807, 2.05) is 41.3 Å². The number of hydrogen-bond acceptors (Lipinski definition) is 2. The van der Waals surface area contributed by atoms with Crippen LogP contribution in [-0.4, -0.2) is 23.4 Å². The van der Waals surface area contributed by atoms with E-state index in [9.17, 15) is 4.79 Å². The van der Waals surface area contributed by atoms with Crippen molar-refractivity contribution in [2.75, 3.05) is 6.54 Å². The van der Waals surface area contributed by atoms with Crippen LogP contribution in [0.25, 0.3) is 0 Å². The molecule has 1 amide bonds. The number of benzene rings is 2.